The largest absolute Gasteiger partial charge is 0.494 e. The quantitative estimate of drug-likeness (QED) is 0.467. The van der Waals surface area contributed by atoms with E-state index in [1.165, 1.54) is 0 Å². The lowest BCUT2D eigenvalue weighted by atomic mass is 9.97. The monoisotopic (exact) mass is 433 g/mol. The lowest BCUT2D eigenvalue weighted by Gasteiger charge is -2.29. The zero-order chi connectivity index (χ0) is 22.2. The predicted octanol–water partition coefficient (Wildman–Crippen LogP) is 4.13. The van der Waals surface area contributed by atoms with Crippen LogP contribution in [0.4, 0.5) is 0 Å². The fourth-order valence-electron chi connectivity index (χ4n) is 4.51. The van der Waals surface area contributed by atoms with E-state index in [1.54, 1.807) is 13.0 Å². The number of piperidine rings is 1. The van der Waals surface area contributed by atoms with Crippen LogP contribution in [-0.4, -0.2) is 59.0 Å². The molecule has 0 atom stereocenters. The van der Waals surface area contributed by atoms with Crippen molar-refractivity contribution < 1.29 is 19.4 Å². The molecule has 5 rings (SSSR count). The highest BCUT2D eigenvalue weighted by Crippen LogP contribution is 2.36. The molecule has 1 aromatic heterocycles. The normalized spacial score (nSPS) is 17.2. The molecule has 2 aromatic carbocycles. The van der Waals surface area contributed by atoms with E-state index < -0.39 is 0 Å². The van der Waals surface area contributed by atoms with E-state index in [-0.39, 0.29) is 24.5 Å². The highest BCUT2D eigenvalue weighted by atomic mass is 16.7. The third kappa shape index (κ3) is 3.73. The highest BCUT2D eigenvalue weighted by Gasteiger charge is 2.25. The Hall–Kier alpha value is -3.32. The summed E-state index contributed by atoms with van der Waals surface area (Å²) in [4.78, 5) is 22.6. The fraction of sp³-hybridized carbons (Fsp3) is 0.360. The molecule has 1 fully saturated rings. The molecule has 2 aliphatic heterocycles. The Morgan fingerprint density at radius 3 is 2.62 bits per heavy atom. The number of Topliss-reactive ketones (excluding diaryl/α,β-unsaturated/α-hetero) is 1. The van der Waals surface area contributed by atoms with Crippen molar-refractivity contribution in [1.29, 1.82) is 0 Å². The van der Waals surface area contributed by atoms with Gasteiger partial charge in [0.2, 0.25) is 6.79 Å². The Balaban J connectivity index is 1.65. The van der Waals surface area contributed by atoms with Gasteiger partial charge in [0.25, 0.3) is 0 Å². The van der Waals surface area contributed by atoms with Gasteiger partial charge in [-0.2, -0.15) is 0 Å². The number of ketones is 1. The summed E-state index contributed by atoms with van der Waals surface area (Å²) in [5.74, 6) is 1.39. The van der Waals surface area contributed by atoms with Gasteiger partial charge in [-0.25, -0.2) is 0 Å². The molecule has 0 amide bonds. The second-order valence-electron chi connectivity index (χ2n) is 8.38. The highest BCUT2D eigenvalue weighted by molar-refractivity contribution is 6.22. The first kappa shape index (κ1) is 20.6. The standard InChI is InChI=1S/C25H27N3O4/c1-3-28-10-8-18(9-11-28)26-24(17-5-7-21-22(13-17)32-14-31-21)23-19-12-16(15(2)29)4-6-20(19)27-25(23)30/h4-7,12-13,18,27,30H,3,8-11,14H2,1-2H3. The minimum atomic E-state index is -0.0213. The number of ether oxygens (including phenoxy) is 2. The van der Waals surface area contributed by atoms with Gasteiger partial charge in [-0.1, -0.05) is 6.92 Å². The number of likely N-dealkylation sites (tertiary alicyclic amines) is 1. The van der Waals surface area contributed by atoms with Crippen molar-refractivity contribution in [2.45, 2.75) is 32.7 Å². The maximum Gasteiger partial charge on any atom is 0.231 e. The number of nitrogens with zero attached hydrogens (tertiary/aromatic N) is 2. The summed E-state index contributed by atoms with van der Waals surface area (Å²) in [5.41, 5.74) is 3.51. The van der Waals surface area contributed by atoms with Crippen LogP contribution in [0.3, 0.4) is 0 Å². The zero-order valence-corrected chi connectivity index (χ0v) is 18.4. The summed E-state index contributed by atoms with van der Waals surface area (Å²) in [6.45, 7) is 6.98. The first-order chi connectivity index (χ1) is 15.5. The van der Waals surface area contributed by atoms with Crippen LogP contribution in [-0.2, 0) is 0 Å². The Kier molecular flexibility index (Phi) is 5.35. The van der Waals surface area contributed by atoms with Crippen molar-refractivity contribution in [2.24, 2.45) is 4.99 Å². The molecule has 2 aliphatic rings. The van der Waals surface area contributed by atoms with Gasteiger partial charge in [0.15, 0.2) is 23.2 Å². The molecule has 32 heavy (non-hydrogen) atoms. The zero-order valence-electron chi connectivity index (χ0n) is 18.4. The molecule has 0 spiro atoms. The number of hydrogen-bond acceptors (Lipinski definition) is 6. The maximum atomic E-state index is 12.0. The number of H-pyrrole nitrogens is 1. The molecule has 1 saturated heterocycles. The summed E-state index contributed by atoms with van der Waals surface area (Å²) >= 11 is 0. The first-order valence-corrected chi connectivity index (χ1v) is 11.1. The van der Waals surface area contributed by atoms with Crippen LogP contribution in [0.5, 0.6) is 17.4 Å². The Morgan fingerprint density at radius 1 is 1.12 bits per heavy atom. The number of aromatic amines is 1. The Bertz CT molecular complexity index is 1210. The molecule has 3 heterocycles. The summed E-state index contributed by atoms with van der Waals surface area (Å²) < 4.78 is 11.1. The smallest absolute Gasteiger partial charge is 0.231 e. The van der Waals surface area contributed by atoms with E-state index in [9.17, 15) is 9.90 Å². The van der Waals surface area contributed by atoms with Crippen molar-refractivity contribution in [3.05, 3.63) is 53.1 Å². The van der Waals surface area contributed by atoms with E-state index in [1.807, 2.05) is 30.3 Å². The Labute approximate surface area is 186 Å². The molecule has 2 N–H and O–H groups in total. The number of hydrogen-bond donors (Lipinski definition) is 2. The number of benzene rings is 2. The minimum absolute atomic E-state index is 0.0213. The van der Waals surface area contributed by atoms with Crippen molar-refractivity contribution in [3.8, 4) is 17.4 Å². The van der Waals surface area contributed by atoms with Crippen LogP contribution < -0.4 is 9.47 Å². The molecule has 0 saturated carbocycles. The molecular weight excluding hydrogens is 406 g/mol. The second-order valence-corrected chi connectivity index (χ2v) is 8.38. The number of nitrogens with one attached hydrogen (secondary N) is 1. The van der Waals surface area contributed by atoms with Gasteiger partial charge in [-0.15, -0.1) is 0 Å². The third-order valence-electron chi connectivity index (χ3n) is 6.38. The average molecular weight is 434 g/mol. The molecule has 0 bridgehead atoms. The Morgan fingerprint density at radius 2 is 1.88 bits per heavy atom. The number of carbonyl (C=O) groups excluding carboxylic acids is 1. The van der Waals surface area contributed by atoms with E-state index in [0.29, 0.717) is 28.3 Å². The van der Waals surface area contributed by atoms with Crippen molar-refractivity contribution in [3.63, 3.8) is 0 Å². The van der Waals surface area contributed by atoms with Crippen LogP contribution >= 0.6 is 0 Å². The van der Waals surface area contributed by atoms with Gasteiger partial charge >= 0.3 is 0 Å². The molecule has 0 radical (unpaired) electrons. The van der Waals surface area contributed by atoms with Gasteiger partial charge < -0.3 is 24.5 Å². The van der Waals surface area contributed by atoms with Crippen LogP contribution in [0.2, 0.25) is 0 Å². The summed E-state index contributed by atoms with van der Waals surface area (Å²) in [5, 5.41) is 11.7. The predicted molar refractivity (Wildman–Crippen MR) is 123 cm³/mol. The molecule has 7 heteroatoms. The van der Waals surface area contributed by atoms with Crippen molar-refractivity contribution >= 4 is 22.4 Å². The van der Waals surface area contributed by atoms with E-state index in [0.717, 1.165) is 48.9 Å². The SMILES string of the molecule is CCN1CCC(N=C(c2ccc3c(c2)OCO3)c2c(O)[nH]c3ccc(C(C)=O)cc23)CC1. The van der Waals surface area contributed by atoms with Crippen molar-refractivity contribution in [2.75, 3.05) is 26.4 Å². The molecule has 0 aliphatic carbocycles. The number of carbonyl (C=O) groups is 1. The first-order valence-electron chi connectivity index (χ1n) is 11.1. The molecule has 166 valence electrons. The third-order valence-corrected chi connectivity index (χ3v) is 6.38. The number of fused-ring (bicyclic) bond motifs is 2. The van der Waals surface area contributed by atoms with Gasteiger partial charge in [-0.05, 0) is 62.7 Å². The van der Waals surface area contributed by atoms with Crippen LogP contribution in [0.25, 0.3) is 10.9 Å². The summed E-state index contributed by atoms with van der Waals surface area (Å²) in [6.07, 6.45) is 1.92. The minimum Gasteiger partial charge on any atom is -0.494 e. The van der Waals surface area contributed by atoms with Crippen LogP contribution in [0.15, 0.2) is 41.4 Å². The molecule has 7 nitrogen and oxygen atoms in total. The lowest BCUT2D eigenvalue weighted by Crippen LogP contribution is -2.35. The fourth-order valence-corrected chi connectivity index (χ4v) is 4.51. The van der Waals surface area contributed by atoms with Gasteiger partial charge in [0, 0.05) is 35.1 Å². The van der Waals surface area contributed by atoms with Gasteiger partial charge in [-0.3, -0.25) is 9.79 Å². The van der Waals surface area contributed by atoms with E-state index in [4.69, 9.17) is 14.5 Å². The second kappa shape index (κ2) is 8.31. The molecule has 3 aromatic rings. The van der Waals surface area contributed by atoms with E-state index in [2.05, 4.69) is 16.8 Å². The van der Waals surface area contributed by atoms with Crippen LogP contribution in [0.1, 0.15) is 48.2 Å². The average Bonchev–Trinajstić information content (AvgIpc) is 3.40. The maximum absolute atomic E-state index is 12.0. The molecular formula is C25H27N3O4. The van der Waals surface area contributed by atoms with E-state index >= 15 is 0 Å². The number of aliphatic imine (C=N–C) groups is 1. The van der Waals surface area contributed by atoms with Crippen LogP contribution in [0, 0.1) is 0 Å². The molecule has 0 unspecified atom stereocenters. The lowest BCUT2D eigenvalue weighted by molar-refractivity contribution is 0.101. The van der Waals surface area contributed by atoms with Gasteiger partial charge in [0.05, 0.1) is 17.3 Å². The number of aromatic hydroxyl groups is 1. The number of aromatic nitrogens is 1. The van der Waals surface area contributed by atoms with Crippen molar-refractivity contribution in [1.82, 2.24) is 9.88 Å². The number of rotatable bonds is 5. The summed E-state index contributed by atoms with van der Waals surface area (Å²) in [6, 6.07) is 11.3. The summed E-state index contributed by atoms with van der Waals surface area (Å²) in [7, 11) is 0. The topological polar surface area (TPSA) is 87.2 Å². The van der Waals surface area contributed by atoms with Gasteiger partial charge in [0.1, 0.15) is 0 Å².